The van der Waals surface area contributed by atoms with Crippen LogP contribution < -0.4 is 0 Å². The summed E-state index contributed by atoms with van der Waals surface area (Å²) in [5.74, 6) is -4.22. The Balaban J connectivity index is 2.05. The highest BCUT2D eigenvalue weighted by Gasteiger charge is 3.03. The molecule has 2 atom stereocenters. The van der Waals surface area contributed by atoms with Gasteiger partial charge in [-0.05, 0) is 44.1 Å². The summed E-state index contributed by atoms with van der Waals surface area (Å²) in [6, 6.07) is 0. The first-order valence-corrected chi connectivity index (χ1v) is 9.23. The van der Waals surface area contributed by atoms with Crippen molar-refractivity contribution in [3.63, 3.8) is 0 Å². The smallest absolute Gasteiger partial charge is 0.464 e. The molecule has 3 rings (SSSR count). The zero-order valence-electron chi connectivity index (χ0n) is 15.6. The second kappa shape index (κ2) is 6.30. The molecule has 0 aromatic heterocycles. The normalized spacial score (nSPS) is 31.0. The molecule has 1 heterocycles. The van der Waals surface area contributed by atoms with E-state index in [1.165, 1.54) is 13.8 Å². The molecule has 0 aromatic carbocycles. The van der Waals surface area contributed by atoms with Crippen molar-refractivity contribution in [1.29, 1.82) is 0 Å². The molecule has 0 aromatic rings. The Hall–Kier alpha value is -2.41. The molecule has 156 valence electrons. The van der Waals surface area contributed by atoms with E-state index in [1.807, 2.05) is 0 Å². The molecule has 2 unspecified atom stereocenters. The molecule has 0 amide bonds. The Bertz CT molecular complexity index is 719. The molecule has 13 heteroatoms. The summed E-state index contributed by atoms with van der Waals surface area (Å²) in [5.41, 5.74) is -5.14. The number of hydrogen-bond donors (Lipinski definition) is 0. The van der Waals surface area contributed by atoms with Crippen molar-refractivity contribution in [2.24, 2.45) is 0 Å². The molecule has 0 bridgehead atoms. The number of hydroxylamine groups is 2. The molecule has 3 fully saturated rings. The van der Waals surface area contributed by atoms with Crippen LogP contribution in [0, 0.1) is 30.3 Å². The standard InChI is InChI=1S/C15H22N4O9/c1-3-14(11(20)27-4-2)15(18(23)24,19(25)26)16(14)28-13(9-6-10-13)12(17(21)22)7-5-8-12/h3-10H2,1-2H3. The van der Waals surface area contributed by atoms with E-state index in [0.29, 0.717) is 17.9 Å². The summed E-state index contributed by atoms with van der Waals surface area (Å²) in [5, 5.41) is 35.8. The number of hydrogen-bond acceptors (Lipinski definition) is 10. The van der Waals surface area contributed by atoms with Crippen LogP contribution >= 0.6 is 0 Å². The number of carbonyl (C=O) groups excluding carboxylic acids is 1. The van der Waals surface area contributed by atoms with Gasteiger partial charge in [0.1, 0.15) is 9.85 Å². The first kappa shape index (κ1) is 20.3. The summed E-state index contributed by atoms with van der Waals surface area (Å²) in [6.07, 6.45) is 1.77. The summed E-state index contributed by atoms with van der Waals surface area (Å²) in [4.78, 5) is 50.9. The first-order valence-electron chi connectivity index (χ1n) is 9.23. The fourth-order valence-corrected chi connectivity index (χ4v) is 4.64. The van der Waals surface area contributed by atoms with Crippen molar-refractivity contribution in [2.75, 3.05) is 6.61 Å². The van der Waals surface area contributed by atoms with E-state index in [9.17, 15) is 35.1 Å². The predicted molar refractivity (Wildman–Crippen MR) is 89.5 cm³/mol. The van der Waals surface area contributed by atoms with Crippen molar-refractivity contribution in [3.05, 3.63) is 30.3 Å². The van der Waals surface area contributed by atoms with Crippen molar-refractivity contribution in [2.45, 2.75) is 81.3 Å². The predicted octanol–water partition coefficient (Wildman–Crippen LogP) is 1.27. The molecule has 1 saturated heterocycles. The molecule has 2 aliphatic carbocycles. The number of ether oxygens (including phenoxy) is 1. The van der Waals surface area contributed by atoms with Crippen LogP contribution in [0.1, 0.15) is 58.8 Å². The van der Waals surface area contributed by atoms with Gasteiger partial charge >= 0.3 is 17.3 Å². The number of carbonyl (C=O) groups is 1. The maximum Gasteiger partial charge on any atom is 0.577 e. The lowest BCUT2D eigenvalue weighted by Gasteiger charge is -2.52. The largest absolute Gasteiger partial charge is 0.577 e. The first-order chi connectivity index (χ1) is 13.1. The van der Waals surface area contributed by atoms with Gasteiger partial charge in [0.2, 0.25) is 0 Å². The topological polar surface area (TPSA) is 168 Å². The van der Waals surface area contributed by atoms with Gasteiger partial charge in [-0.15, -0.1) is 0 Å². The highest BCUT2D eigenvalue weighted by atomic mass is 16.8. The lowest BCUT2D eigenvalue weighted by Crippen LogP contribution is -2.68. The van der Waals surface area contributed by atoms with Crippen LogP contribution in [0.3, 0.4) is 0 Å². The molecule has 0 spiro atoms. The highest BCUT2D eigenvalue weighted by Crippen LogP contribution is 2.62. The zero-order chi connectivity index (χ0) is 21.0. The van der Waals surface area contributed by atoms with Crippen molar-refractivity contribution in [1.82, 2.24) is 5.06 Å². The molecule has 0 radical (unpaired) electrons. The van der Waals surface area contributed by atoms with E-state index in [0.717, 1.165) is 0 Å². The summed E-state index contributed by atoms with van der Waals surface area (Å²) in [6.45, 7) is 2.71. The van der Waals surface area contributed by atoms with Crippen LogP contribution in [0.25, 0.3) is 0 Å². The van der Waals surface area contributed by atoms with Gasteiger partial charge in [0.15, 0.2) is 5.60 Å². The van der Waals surface area contributed by atoms with Crippen LogP contribution in [0.4, 0.5) is 0 Å². The molecule has 13 nitrogen and oxygen atoms in total. The van der Waals surface area contributed by atoms with Crippen LogP contribution in [-0.2, 0) is 14.4 Å². The van der Waals surface area contributed by atoms with E-state index in [1.54, 1.807) is 0 Å². The SMILES string of the molecule is CCOC(=O)C1(CC)N(OC2(C3([N+](=O)[O-])CCC3)CCC2)C1([N+](=O)[O-])[N+](=O)[O-]. The number of rotatable bonds is 9. The Morgan fingerprint density at radius 1 is 0.964 bits per heavy atom. The molecule has 28 heavy (non-hydrogen) atoms. The van der Waals surface area contributed by atoms with Gasteiger partial charge < -0.3 is 4.74 Å². The molecular weight excluding hydrogens is 380 g/mol. The lowest BCUT2D eigenvalue weighted by atomic mass is 9.57. The van der Waals surface area contributed by atoms with Crippen LogP contribution in [-0.4, -0.2) is 54.9 Å². The van der Waals surface area contributed by atoms with Crippen molar-refractivity contribution < 1.29 is 29.1 Å². The Morgan fingerprint density at radius 2 is 1.50 bits per heavy atom. The molecule has 2 saturated carbocycles. The summed E-state index contributed by atoms with van der Waals surface area (Å²) >= 11 is 0. The van der Waals surface area contributed by atoms with Crippen molar-refractivity contribution >= 4 is 5.97 Å². The summed E-state index contributed by atoms with van der Waals surface area (Å²) < 4.78 is 4.88. The van der Waals surface area contributed by atoms with Crippen molar-refractivity contribution in [3.8, 4) is 0 Å². The van der Waals surface area contributed by atoms with E-state index in [4.69, 9.17) is 9.57 Å². The third-order valence-electron chi connectivity index (χ3n) is 6.57. The molecule has 3 aliphatic rings. The minimum Gasteiger partial charge on any atom is -0.464 e. The average Bonchev–Trinajstić information content (AvgIpc) is 3.15. The lowest BCUT2D eigenvalue weighted by molar-refractivity contribution is -0.788. The van der Waals surface area contributed by atoms with E-state index in [2.05, 4.69) is 0 Å². The number of nitrogens with zero attached hydrogens (tertiary/aromatic N) is 4. The minimum absolute atomic E-state index is 0.135. The minimum atomic E-state index is -3.07. The average molecular weight is 402 g/mol. The van der Waals surface area contributed by atoms with Gasteiger partial charge in [0.05, 0.1) is 6.61 Å². The highest BCUT2D eigenvalue weighted by molar-refractivity contribution is 5.86. The third-order valence-corrected chi connectivity index (χ3v) is 6.57. The molecule has 1 aliphatic heterocycles. The van der Waals surface area contributed by atoms with E-state index < -0.39 is 43.2 Å². The van der Waals surface area contributed by atoms with Gasteiger partial charge in [0.25, 0.3) is 5.54 Å². The van der Waals surface area contributed by atoms with Gasteiger partial charge in [-0.1, -0.05) is 6.92 Å². The molecule has 0 N–H and O–H groups in total. The van der Waals surface area contributed by atoms with Gasteiger partial charge in [-0.25, -0.2) is 4.79 Å². The summed E-state index contributed by atoms with van der Waals surface area (Å²) in [7, 11) is 0. The third kappa shape index (κ3) is 2.05. The Labute approximate surface area is 159 Å². The fraction of sp³-hybridized carbons (Fsp3) is 0.933. The zero-order valence-corrected chi connectivity index (χ0v) is 15.6. The van der Waals surface area contributed by atoms with Crippen LogP contribution in [0.15, 0.2) is 0 Å². The maximum atomic E-state index is 12.6. The van der Waals surface area contributed by atoms with Gasteiger partial charge in [-0.2, -0.15) is 0 Å². The fourth-order valence-electron chi connectivity index (χ4n) is 4.64. The van der Waals surface area contributed by atoms with Crippen LogP contribution in [0.2, 0.25) is 0 Å². The van der Waals surface area contributed by atoms with Gasteiger partial charge in [-0.3, -0.25) is 35.2 Å². The number of nitro groups is 3. The second-order valence-corrected chi connectivity index (χ2v) is 7.46. The number of esters is 1. The molecular formula is C15H22N4O9. The Morgan fingerprint density at radius 3 is 1.79 bits per heavy atom. The van der Waals surface area contributed by atoms with E-state index >= 15 is 0 Å². The monoisotopic (exact) mass is 402 g/mol. The maximum absolute atomic E-state index is 12.6. The quantitative estimate of drug-likeness (QED) is 0.180. The van der Waals surface area contributed by atoms with Crippen LogP contribution in [0.5, 0.6) is 0 Å². The second-order valence-electron chi connectivity index (χ2n) is 7.46. The van der Waals surface area contributed by atoms with Gasteiger partial charge in [0, 0.05) is 17.8 Å². The van der Waals surface area contributed by atoms with E-state index in [-0.39, 0.29) is 38.7 Å². The Kier molecular flexibility index (Phi) is 4.58.